The second kappa shape index (κ2) is 13.8. The van der Waals surface area contributed by atoms with Crippen molar-refractivity contribution in [3.63, 3.8) is 0 Å². The van der Waals surface area contributed by atoms with E-state index in [1.807, 2.05) is 0 Å². The summed E-state index contributed by atoms with van der Waals surface area (Å²) in [7, 11) is 0. The lowest BCUT2D eigenvalue weighted by molar-refractivity contribution is -0.146. The third kappa shape index (κ3) is 11.3. The molecule has 0 bridgehead atoms. The fourth-order valence-electron chi connectivity index (χ4n) is 3.10. The van der Waals surface area contributed by atoms with Crippen LogP contribution in [-0.4, -0.2) is 55.3 Å². The number of carbonyl (C=O) groups is 2. The van der Waals surface area contributed by atoms with Crippen LogP contribution in [0.3, 0.4) is 0 Å². The molecule has 1 saturated heterocycles. The van der Waals surface area contributed by atoms with Crippen LogP contribution in [0.2, 0.25) is 0 Å². The molecular weight excluding hydrogens is 332 g/mol. The zero-order valence-electron chi connectivity index (χ0n) is 16.3. The van der Waals surface area contributed by atoms with Crippen molar-refractivity contribution >= 4 is 12.1 Å². The zero-order chi connectivity index (χ0) is 19.2. The second-order valence-corrected chi connectivity index (χ2v) is 7.00. The molecule has 1 rings (SSSR count). The van der Waals surface area contributed by atoms with E-state index >= 15 is 0 Å². The molecule has 1 aliphatic rings. The smallest absolute Gasteiger partial charge is 0.407 e. The quantitative estimate of drug-likeness (QED) is 0.398. The first-order chi connectivity index (χ1) is 12.5. The summed E-state index contributed by atoms with van der Waals surface area (Å²) >= 11 is 0. The summed E-state index contributed by atoms with van der Waals surface area (Å²) in [4.78, 5) is 26.1. The lowest BCUT2D eigenvalue weighted by Gasteiger charge is -2.19. The van der Waals surface area contributed by atoms with Crippen LogP contribution in [0.15, 0.2) is 0 Å². The van der Waals surface area contributed by atoms with Crippen molar-refractivity contribution in [2.45, 2.75) is 76.9 Å². The van der Waals surface area contributed by atoms with Crippen LogP contribution in [0.4, 0.5) is 4.79 Å². The summed E-state index contributed by atoms with van der Waals surface area (Å²) < 4.78 is 10.5. The molecule has 2 radical (unpaired) electrons. The fraction of sp³-hybridized carbons (Fsp3) is 0.800. The first kappa shape index (κ1) is 22.7. The van der Waals surface area contributed by atoms with Gasteiger partial charge in [-0.2, -0.15) is 0 Å². The predicted molar refractivity (Wildman–Crippen MR) is 103 cm³/mol. The van der Waals surface area contributed by atoms with Gasteiger partial charge >= 0.3 is 12.1 Å². The van der Waals surface area contributed by atoms with E-state index in [0.29, 0.717) is 13.0 Å². The number of nitrogens with one attached hydrogen (secondary N) is 1. The molecule has 0 spiro atoms. The summed E-state index contributed by atoms with van der Waals surface area (Å²) in [6, 6.07) is 0. The molecule has 1 atom stereocenters. The Kier molecular flexibility index (Phi) is 12.1. The van der Waals surface area contributed by atoms with Crippen molar-refractivity contribution in [3.8, 4) is 0 Å². The zero-order valence-corrected chi connectivity index (χ0v) is 16.3. The number of hydrogen-bond acceptors (Lipinski definition) is 5. The highest BCUT2D eigenvalue weighted by Gasteiger charge is 2.18. The van der Waals surface area contributed by atoms with E-state index in [-0.39, 0.29) is 18.5 Å². The van der Waals surface area contributed by atoms with Gasteiger partial charge in [0.1, 0.15) is 12.2 Å². The molecular formula is C20H36N2O4. The van der Waals surface area contributed by atoms with E-state index in [4.69, 9.17) is 9.47 Å². The minimum atomic E-state index is -0.611. The minimum absolute atomic E-state index is 0.209. The van der Waals surface area contributed by atoms with E-state index in [2.05, 4.69) is 31.0 Å². The molecule has 0 aromatic heterocycles. The van der Waals surface area contributed by atoms with E-state index in [9.17, 15) is 9.59 Å². The number of hydrogen-bond donors (Lipinski definition) is 1. The van der Waals surface area contributed by atoms with E-state index in [1.54, 1.807) is 0 Å². The van der Waals surface area contributed by atoms with Crippen LogP contribution < -0.4 is 5.32 Å². The van der Waals surface area contributed by atoms with Crippen LogP contribution in [0.5, 0.6) is 0 Å². The molecule has 0 aliphatic carbocycles. The lowest BCUT2D eigenvalue weighted by atomic mass is 10.1. The molecule has 26 heavy (non-hydrogen) atoms. The molecule has 0 saturated carbocycles. The molecule has 0 aromatic rings. The Hall–Kier alpha value is -1.30. The maximum Gasteiger partial charge on any atom is 0.407 e. The van der Waals surface area contributed by atoms with Crippen LogP contribution >= 0.6 is 0 Å². The number of alkyl carbamates (subject to hydrolysis) is 1. The molecule has 150 valence electrons. The topological polar surface area (TPSA) is 67.9 Å². The van der Waals surface area contributed by atoms with Gasteiger partial charge in [-0.3, -0.25) is 4.79 Å². The monoisotopic (exact) mass is 368 g/mol. The predicted octanol–water partition coefficient (Wildman–Crippen LogP) is 3.51. The molecule has 1 N–H and O–H groups in total. The van der Waals surface area contributed by atoms with Gasteiger partial charge in [0.05, 0.1) is 0 Å². The Morgan fingerprint density at radius 2 is 1.81 bits per heavy atom. The summed E-state index contributed by atoms with van der Waals surface area (Å²) in [6.07, 6.45) is 7.07. The van der Waals surface area contributed by atoms with Crippen LogP contribution in [0.25, 0.3) is 0 Å². The molecule has 1 aliphatic heterocycles. The summed E-state index contributed by atoms with van der Waals surface area (Å²) in [5, 5.41) is 2.82. The molecule has 6 heteroatoms. The van der Waals surface area contributed by atoms with Gasteiger partial charge in [0.15, 0.2) is 0 Å². The summed E-state index contributed by atoms with van der Waals surface area (Å²) in [5.41, 5.74) is 0. The largest absolute Gasteiger partial charge is 0.462 e. The number of ether oxygens (including phenoxy) is 2. The summed E-state index contributed by atoms with van der Waals surface area (Å²) in [5.74, 6) is -0.350. The molecule has 0 unspecified atom stereocenters. The third-order valence-electron chi connectivity index (χ3n) is 4.52. The first-order valence-electron chi connectivity index (χ1n) is 10.0. The number of nitrogens with zero attached hydrogens (tertiary/aromatic N) is 1. The Morgan fingerprint density at radius 3 is 2.46 bits per heavy atom. The van der Waals surface area contributed by atoms with E-state index < -0.39 is 12.2 Å². The van der Waals surface area contributed by atoms with Crippen molar-refractivity contribution in [3.05, 3.63) is 13.8 Å². The van der Waals surface area contributed by atoms with Gasteiger partial charge in [0, 0.05) is 19.5 Å². The highest BCUT2D eigenvalue weighted by molar-refractivity contribution is 5.70. The number of amides is 1. The van der Waals surface area contributed by atoms with Gasteiger partial charge < -0.3 is 19.7 Å². The molecule has 6 nitrogen and oxygen atoms in total. The highest BCUT2D eigenvalue weighted by atomic mass is 16.6. The average Bonchev–Trinajstić information content (AvgIpc) is 3.09. The van der Waals surface area contributed by atoms with Gasteiger partial charge in [0.25, 0.3) is 0 Å². The standard InChI is InChI=1S/C20H36N2O4/c1-4-5-6-7-10-18(11-12-19(23)25-17(2)3)26-20(24)21-13-16-22-14-8-9-15-22/h17-18H,2-16H2,1H3,(H,21,24)/t18-/m0/s1. The van der Waals surface area contributed by atoms with Crippen molar-refractivity contribution in [1.29, 1.82) is 0 Å². The Morgan fingerprint density at radius 1 is 1.08 bits per heavy atom. The Balaban J connectivity index is 2.30. The first-order valence-corrected chi connectivity index (χ1v) is 10.0. The number of unbranched alkanes of at least 4 members (excludes halogenated alkanes) is 3. The van der Waals surface area contributed by atoms with Crippen molar-refractivity contribution in [2.75, 3.05) is 26.2 Å². The van der Waals surface area contributed by atoms with Crippen molar-refractivity contribution < 1.29 is 19.1 Å². The van der Waals surface area contributed by atoms with Gasteiger partial charge in [-0.25, -0.2) is 4.79 Å². The number of rotatable bonds is 13. The maximum atomic E-state index is 12.1. The maximum absolute atomic E-state index is 12.1. The number of esters is 1. The molecule has 1 heterocycles. The molecule has 0 aromatic carbocycles. The van der Waals surface area contributed by atoms with E-state index in [1.165, 1.54) is 19.3 Å². The summed E-state index contributed by atoms with van der Waals surface area (Å²) in [6.45, 7) is 12.9. The Bertz CT molecular complexity index is 395. The third-order valence-corrected chi connectivity index (χ3v) is 4.52. The highest BCUT2D eigenvalue weighted by Crippen LogP contribution is 2.14. The van der Waals surface area contributed by atoms with E-state index in [0.717, 1.165) is 45.3 Å². The molecule has 1 amide bonds. The Labute approximate surface area is 159 Å². The van der Waals surface area contributed by atoms with Crippen molar-refractivity contribution in [2.24, 2.45) is 0 Å². The van der Waals surface area contributed by atoms with Crippen LogP contribution in [0, 0.1) is 13.8 Å². The minimum Gasteiger partial charge on any atom is -0.462 e. The normalized spacial score (nSPS) is 15.8. The van der Waals surface area contributed by atoms with Crippen LogP contribution in [-0.2, 0) is 14.3 Å². The second-order valence-electron chi connectivity index (χ2n) is 7.00. The molecule has 1 fully saturated rings. The SMILES string of the molecule is [CH2]C([CH2])OC(=O)CC[C@H](CCCCCC)OC(=O)NCCN1CCCC1. The van der Waals surface area contributed by atoms with Gasteiger partial charge in [-0.05, 0) is 59.0 Å². The number of likely N-dealkylation sites (tertiary alicyclic amines) is 1. The van der Waals surface area contributed by atoms with Gasteiger partial charge in [0.2, 0.25) is 0 Å². The van der Waals surface area contributed by atoms with Gasteiger partial charge in [-0.15, -0.1) is 0 Å². The average molecular weight is 369 g/mol. The van der Waals surface area contributed by atoms with Crippen LogP contribution in [0.1, 0.15) is 64.7 Å². The van der Waals surface area contributed by atoms with Crippen molar-refractivity contribution in [1.82, 2.24) is 10.2 Å². The van der Waals surface area contributed by atoms with Gasteiger partial charge in [-0.1, -0.05) is 26.2 Å². The fourth-order valence-corrected chi connectivity index (χ4v) is 3.10. The number of carbonyl (C=O) groups excluding carboxylic acids is 2. The lowest BCUT2D eigenvalue weighted by Crippen LogP contribution is -2.35.